The molecule has 1 aromatic heterocycles. The van der Waals surface area contributed by atoms with Crippen molar-refractivity contribution in [2.45, 2.75) is 38.1 Å². The van der Waals surface area contributed by atoms with Gasteiger partial charge in [-0.25, -0.2) is 0 Å². The molecule has 0 spiro atoms. The maximum atomic E-state index is 12.1. The van der Waals surface area contributed by atoms with Crippen molar-refractivity contribution in [2.24, 2.45) is 0 Å². The SMILES string of the molecule is O=C(CCC(=O)c1cccs1)N[C@@H]1CCCc2ccccc21. The van der Waals surface area contributed by atoms with Crippen LogP contribution in [0.4, 0.5) is 0 Å². The Morgan fingerprint density at radius 3 is 2.82 bits per heavy atom. The number of benzene rings is 1. The van der Waals surface area contributed by atoms with Crippen LogP contribution in [0.1, 0.15) is 52.5 Å². The molecule has 3 nitrogen and oxygen atoms in total. The smallest absolute Gasteiger partial charge is 0.220 e. The van der Waals surface area contributed by atoms with Crippen LogP contribution in [0.25, 0.3) is 0 Å². The van der Waals surface area contributed by atoms with Crippen LogP contribution >= 0.6 is 11.3 Å². The minimum Gasteiger partial charge on any atom is -0.349 e. The quantitative estimate of drug-likeness (QED) is 0.851. The summed E-state index contributed by atoms with van der Waals surface area (Å²) in [6, 6.07) is 12.0. The van der Waals surface area contributed by atoms with Gasteiger partial charge in [0.1, 0.15) is 0 Å². The van der Waals surface area contributed by atoms with Crippen LogP contribution in [-0.4, -0.2) is 11.7 Å². The van der Waals surface area contributed by atoms with E-state index in [1.165, 1.54) is 22.5 Å². The zero-order chi connectivity index (χ0) is 15.4. The molecule has 1 atom stereocenters. The van der Waals surface area contributed by atoms with E-state index < -0.39 is 0 Å². The summed E-state index contributed by atoms with van der Waals surface area (Å²) in [4.78, 5) is 24.8. The number of hydrogen-bond acceptors (Lipinski definition) is 3. The van der Waals surface area contributed by atoms with Crippen LogP contribution in [0.2, 0.25) is 0 Å². The van der Waals surface area contributed by atoms with Gasteiger partial charge < -0.3 is 5.32 Å². The van der Waals surface area contributed by atoms with E-state index in [-0.39, 0.29) is 30.6 Å². The van der Waals surface area contributed by atoms with Crippen molar-refractivity contribution in [1.29, 1.82) is 0 Å². The first-order chi connectivity index (χ1) is 10.7. The van der Waals surface area contributed by atoms with Gasteiger partial charge in [-0.15, -0.1) is 11.3 Å². The van der Waals surface area contributed by atoms with E-state index in [9.17, 15) is 9.59 Å². The van der Waals surface area contributed by atoms with Gasteiger partial charge in [0, 0.05) is 12.8 Å². The lowest BCUT2D eigenvalue weighted by molar-refractivity contribution is -0.121. The lowest BCUT2D eigenvalue weighted by Crippen LogP contribution is -2.31. The topological polar surface area (TPSA) is 46.2 Å². The molecule has 0 fully saturated rings. The number of Topliss-reactive ketones (excluding diaryl/α,β-unsaturated/α-hetero) is 1. The third-order valence-electron chi connectivity index (χ3n) is 4.08. The molecular weight excluding hydrogens is 294 g/mol. The van der Waals surface area contributed by atoms with Gasteiger partial charge in [0.15, 0.2) is 5.78 Å². The number of nitrogens with one attached hydrogen (secondary N) is 1. The highest BCUT2D eigenvalue weighted by atomic mass is 32.1. The van der Waals surface area contributed by atoms with Crippen molar-refractivity contribution in [3.8, 4) is 0 Å². The summed E-state index contributed by atoms with van der Waals surface area (Å²) < 4.78 is 0. The second-order valence-electron chi connectivity index (χ2n) is 5.61. The van der Waals surface area contributed by atoms with E-state index in [2.05, 4.69) is 17.4 Å². The number of hydrogen-bond donors (Lipinski definition) is 1. The van der Waals surface area contributed by atoms with Crippen LogP contribution in [0.5, 0.6) is 0 Å². The van der Waals surface area contributed by atoms with Crippen LogP contribution in [-0.2, 0) is 11.2 Å². The van der Waals surface area contributed by atoms with Crippen molar-refractivity contribution < 1.29 is 9.59 Å². The van der Waals surface area contributed by atoms with Crippen molar-refractivity contribution in [2.75, 3.05) is 0 Å². The number of carbonyl (C=O) groups excluding carboxylic acids is 2. The van der Waals surface area contributed by atoms with E-state index in [0.29, 0.717) is 0 Å². The molecule has 1 aromatic carbocycles. The summed E-state index contributed by atoms with van der Waals surface area (Å²) in [5.41, 5.74) is 2.56. The number of rotatable bonds is 5. The van der Waals surface area contributed by atoms with Gasteiger partial charge >= 0.3 is 0 Å². The Balaban J connectivity index is 1.55. The molecule has 0 aliphatic heterocycles. The Bertz CT molecular complexity index is 663. The Morgan fingerprint density at radius 2 is 2.00 bits per heavy atom. The Hall–Kier alpha value is -1.94. The summed E-state index contributed by atoms with van der Waals surface area (Å²) in [5, 5.41) is 4.97. The fraction of sp³-hybridized carbons (Fsp3) is 0.333. The number of thiophene rings is 1. The first-order valence-corrected chi connectivity index (χ1v) is 8.56. The molecule has 3 rings (SSSR count). The highest BCUT2D eigenvalue weighted by Crippen LogP contribution is 2.29. The molecule has 0 saturated carbocycles. The van der Waals surface area contributed by atoms with Crippen molar-refractivity contribution in [3.05, 3.63) is 57.8 Å². The molecule has 114 valence electrons. The molecule has 0 bridgehead atoms. The van der Waals surface area contributed by atoms with Crippen molar-refractivity contribution in [1.82, 2.24) is 5.32 Å². The molecule has 1 aliphatic rings. The van der Waals surface area contributed by atoms with Gasteiger partial charge in [0.05, 0.1) is 10.9 Å². The predicted octanol–water partition coefficient (Wildman–Crippen LogP) is 3.90. The molecular formula is C18H19NO2S. The van der Waals surface area contributed by atoms with E-state index in [0.717, 1.165) is 24.1 Å². The third kappa shape index (κ3) is 3.45. The van der Waals surface area contributed by atoms with Gasteiger partial charge in [-0.05, 0) is 41.8 Å². The minimum atomic E-state index is -0.0355. The van der Waals surface area contributed by atoms with Gasteiger partial charge in [-0.1, -0.05) is 30.3 Å². The van der Waals surface area contributed by atoms with E-state index in [1.54, 1.807) is 0 Å². The van der Waals surface area contributed by atoms with Gasteiger partial charge in [0.2, 0.25) is 5.91 Å². The van der Waals surface area contributed by atoms with Crippen LogP contribution in [0.3, 0.4) is 0 Å². The van der Waals surface area contributed by atoms with E-state index in [4.69, 9.17) is 0 Å². The molecule has 1 N–H and O–H groups in total. The number of amides is 1. The molecule has 1 aliphatic carbocycles. The first-order valence-electron chi connectivity index (χ1n) is 7.68. The average molecular weight is 313 g/mol. The average Bonchev–Trinajstić information content (AvgIpc) is 3.07. The number of fused-ring (bicyclic) bond motifs is 1. The lowest BCUT2D eigenvalue weighted by atomic mass is 9.87. The van der Waals surface area contributed by atoms with Crippen LogP contribution < -0.4 is 5.32 Å². The largest absolute Gasteiger partial charge is 0.349 e. The van der Waals surface area contributed by atoms with Crippen LogP contribution in [0, 0.1) is 0 Å². The van der Waals surface area contributed by atoms with Crippen molar-refractivity contribution >= 4 is 23.0 Å². The van der Waals surface area contributed by atoms with Gasteiger partial charge in [-0.2, -0.15) is 0 Å². The maximum absolute atomic E-state index is 12.1. The fourth-order valence-corrected chi connectivity index (χ4v) is 3.65. The van der Waals surface area contributed by atoms with Crippen molar-refractivity contribution in [3.63, 3.8) is 0 Å². The zero-order valence-electron chi connectivity index (χ0n) is 12.4. The standard InChI is InChI=1S/C18H19NO2S/c20-16(17-9-4-12-22-17)10-11-18(21)19-15-8-3-6-13-5-1-2-7-14(13)15/h1-2,4-5,7,9,12,15H,3,6,8,10-11H2,(H,19,21)/t15-/m1/s1. The third-order valence-corrected chi connectivity index (χ3v) is 4.99. The van der Waals surface area contributed by atoms with Crippen LogP contribution in [0.15, 0.2) is 41.8 Å². The Labute approximate surface area is 134 Å². The summed E-state index contributed by atoms with van der Waals surface area (Å²) in [6.07, 6.45) is 3.69. The lowest BCUT2D eigenvalue weighted by Gasteiger charge is -2.26. The van der Waals surface area contributed by atoms with E-state index in [1.807, 2.05) is 29.6 Å². The number of ketones is 1. The molecule has 2 aromatic rings. The summed E-state index contributed by atoms with van der Waals surface area (Å²) in [5.74, 6) is 0.0146. The monoisotopic (exact) mass is 313 g/mol. The molecule has 1 heterocycles. The minimum absolute atomic E-state index is 0.0355. The second kappa shape index (κ2) is 6.88. The molecule has 0 saturated heterocycles. The summed E-state index contributed by atoms with van der Waals surface area (Å²) in [7, 11) is 0. The fourth-order valence-electron chi connectivity index (χ4n) is 2.96. The molecule has 0 unspecified atom stereocenters. The predicted molar refractivity (Wildman–Crippen MR) is 88.1 cm³/mol. The molecule has 0 radical (unpaired) electrons. The maximum Gasteiger partial charge on any atom is 0.220 e. The summed E-state index contributed by atoms with van der Waals surface area (Å²) in [6.45, 7) is 0. The number of aryl methyl sites for hydroxylation is 1. The van der Waals surface area contributed by atoms with E-state index >= 15 is 0 Å². The first kappa shape index (κ1) is 15.0. The van der Waals surface area contributed by atoms with Gasteiger partial charge in [0.25, 0.3) is 0 Å². The normalized spacial score (nSPS) is 16.8. The second-order valence-corrected chi connectivity index (χ2v) is 6.56. The Kier molecular flexibility index (Phi) is 4.68. The number of carbonyl (C=O) groups is 2. The molecule has 4 heteroatoms. The Morgan fingerprint density at radius 1 is 1.14 bits per heavy atom. The van der Waals surface area contributed by atoms with Gasteiger partial charge in [-0.3, -0.25) is 9.59 Å². The molecule has 1 amide bonds. The summed E-state index contributed by atoms with van der Waals surface area (Å²) >= 11 is 1.43. The highest BCUT2D eigenvalue weighted by Gasteiger charge is 2.21. The molecule has 22 heavy (non-hydrogen) atoms. The zero-order valence-corrected chi connectivity index (χ0v) is 13.2. The highest BCUT2D eigenvalue weighted by molar-refractivity contribution is 7.12.